The molecule has 0 radical (unpaired) electrons. The van der Waals surface area contributed by atoms with Crippen molar-refractivity contribution in [2.45, 2.75) is 33.3 Å². The second kappa shape index (κ2) is 3.81. The molecule has 1 heterocycles. The van der Waals surface area contributed by atoms with Gasteiger partial charge < -0.3 is 9.64 Å². The predicted octanol–water partition coefficient (Wildman–Crippen LogP) is 2.44. The van der Waals surface area contributed by atoms with Gasteiger partial charge in [0.2, 0.25) is 5.91 Å². The van der Waals surface area contributed by atoms with E-state index in [1.165, 1.54) is 0 Å². The van der Waals surface area contributed by atoms with Crippen molar-refractivity contribution in [3.8, 4) is 5.75 Å². The van der Waals surface area contributed by atoms with E-state index >= 15 is 0 Å². The summed E-state index contributed by atoms with van der Waals surface area (Å²) in [5, 5.41) is 0. The van der Waals surface area contributed by atoms with E-state index in [1.807, 2.05) is 33.9 Å². The van der Waals surface area contributed by atoms with Crippen molar-refractivity contribution in [3.63, 3.8) is 0 Å². The van der Waals surface area contributed by atoms with Gasteiger partial charge in [-0.05, 0) is 38.0 Å². The van der Waals surface area contributed by atoms with Crippen LogP contribution in [0.4, 0.5) is 5.69 Å². The van der Waals surface area contributed by atoms with Crippen LogP contribution in [-0.2, 0) is 4.79 Å². The number of ether oxygens (including phenoxy) is 1. The molecule has 16 heavy (non-hydrogen) atoms. The lowest BCUT2D eigenvalue weighted by molar-refractivity contribution is -0.119. The molecule has 1 aromatic carbocycles. The van der Waals surface area contributed by atoms with Gasteiger partial charge in [-0.15, -0.1) is 0 Å². The summed E-state index contributed by atoms with van der Waals surface area (Å²) in [6.45, 7) is 5.97. The molecule has 3 heteroatoms. The number of carbonyl (C=O) groups excluding carboxylic acids is 1. The first-order valence-electron chi connectivity index (χ1n) is 5.53. The van der Waals surface area contributed by atoms with Crippen molar-refractivity contribution >= 4 is 11.6 Å². The van der Waals surface area contributed by atoms with E-state index in [9.17, 15) is 4.79 Å². The Labute approximate surface area is 96.0 Å². The van der Waals surface area contributed by atoms with E-state index in [-0.39, 0.29) is 12.0 Å². The minimum Gasteiger partial charge on any atom is -0.488 e. The van der Waals surface area contributed by atoms with Crippen LogP contribution in [-0.4, -0.2) is 19.1 Å². The smallest absolute Gasteiger partial charge is 0.230 e. The molecule has 0 spiro atoms. The third kappa shape index (κ3) is 1.77. The zero-order valence-electron chi connectivity index (χ0n) is 10.2. The fraction of sp³-hybridized carbons (Fsp3) is 0.462. The molecular formula is C13H17NO2. The van der Waals surface area contributed by atoms with Gasteiger partial charge in [-0.1, -0.05) is 6.07 Å². The maximum Gasteiger partial charge on any atom is 0.230 e. The molecule has 0 bridgehead atoms. The van der Waals surface area contributed by atoms with Crippen molar-refractivity contribution in [2.24, 2.45) is 0 Å². The highest BCUT2D eigenvalue weighted by atomic mass is 16.5. The second-order valence-corrected chi connectivity index (χ2v) is 4.51. The highest BCUT2D eigenvalue weighted by Crippen LogP contribution is 2.36. The van der Waals surface area contributed by atoms with Crippen molar-refractivity contribution in [2.75, 3.05) is 11.9 Å². The Kier molecular flexibility index (Phi) is 2.62. The maximum absolute atomic E-state index is 11.9. The molecule has 0 saturated carbocycles. The first-order valence-corrected chi connectivity index (χ1v) is 5.53. The molecule has 1 aliphatic rings. The molecule has 0 aromatic heterocycles. The topological polar surface area (TPSA) is 29.5 Å². The van der Waals surface area contributed by atoms with E-state index in [2.05, 4.69) is 6.07 Å². The van der Waals surface area contributed by atoms with Crippen molar-refractivity contribution in [3.05, 3.63) is 23.3 Å². The van der Waals surface area contributed by atoms with Crippen LogP contribution in [0.25, 0.3) is 0 Å². The molecule has 1 aromatic rings. The first-order chi connectivity index (χ1) is 7.49. The Balaban J connectivity index is 2.59. The Morgan fingerprint density at radius 3 is 2.75 bits per heavy atom. The Morgan fingerprint density at radius 2 is 2.06 bits per heavy atom. The minimum atomic E-state index is -0.0580. The van der Waals surface area contributed by atoms with Gasteiger partial charge in [0.05, 0.1) is 12.1 Å². The summed E-state index contributed by atoms with van der Waals surface area (Å²) in [7, 11) is 1.81. The maximum atomic E-state index is 11.9. The van der Waals surface area contributed by atoms with Crippen molar-refractivity contribution in [1.29, 1.82) is 0 Å². The van der Waals surface area contributed by atoms with Crippen LogP contribution in [0.2, 0.25) is 0 Å². The molecule has 0 saturated heterocycles. The normalized spacial score (nSPS) is 20.1. The van der Waals surface area contributed by atoms with Crippen LogP contribution in [0.5, 0.6) is 5.75 Å². The van der Waals surface area contributed by atoms with Gasteiger partial charge >= 0.3 is 0 Å². The third-order valence-corrected chi connectivity index (χ3v) is 2.91. The van der Waals surface area contributed by atoms with Crippen LogP contribution in [0.3, 0.4) is 0 Å². The van der Waals surface area contributed by atoms with Crippen LogP contribution in [0.15, 0.2) is 12.1 Å². The predicted molar refractivity (Wildman–Crippen MR) is 64.0 cm³/mol. The number of nitrogens with zero attached hydrogens (tertiary/aromatic N) is 1. The highest BCUT2D eigenvalue weighted by molar-refractivity contribution is 5.96. The SMILES string of the molecule is Cc1cc(C)c2c(c1)OC(C)CC(=O)N2C. The lowest BCUT2D eigenvalue weighted by Gasteiger charge is -2.19. The van der Waals surface area contributed by atoms with Gasteiger partial charge in [0.1, 0.15) is 11.9 Å². The van der Waals surface area contributed by atoms with Crippen LogP contribution in [0, 0.1) is 13.8 Å². The van der Waals surface area contributed by atoms with E-state index in [0.717, 1.165) is 22.6 Å². The third-order valence-electron chi connectivity index (χ3n) is 2.91. The van der Waals surface area contributed by atoms with Gasteiger partial charge in [-0.25, -0.2) is 0 Å². The van der Waals surface area contributed by atoms with Gasteiger partial charge in [-0.2, -0.15) is 0 Å². The number of benzene rings is 1. The molecule has 1 unspecified atom stereocenters. The van der Waals surface area contributed by atoms with E-state index in [1.54, 1.807) is 4.90 Å². The number of amides is 1. The van der Waals surface area contributed by atoms with Gasteiger partial charge in [0, 0.05) is 7.05 Å². The molecule has 3 nitrogen and oxygen atoms in total. The average Bonchev–Trinajstić information content (AvgIpc) is 2.24. The Morgan fingerprint density at radius 1 is 1.38 bits per heavy atom. The first kappa shape index (κ1) is 11.0. The zero-order valence-corrected chi connectivity index (χ0v) is 10.2. The summed E-state index contributed by atoms with van der Waals surface area (Å²) >= 11 is 0. The molecule has 1 aliphatic heterocycles. The van der Waals surface area contributed by atoms with Crippen LogP contribution < -0.4 is 9.64 Å². The zero-order chi connectivity index (χ0) is 11.9. The number of aryl methyl sites for hydroxylation is 2. The highest BCUT2D eigenvalue weighted by Gasteiger charge is 2.25. The fourth-order valence-corrected chi connectivity index (χ4v) is 2.21. The standard InChI is InChI=1S/C13H17NO2/c1-8-5-9(2)13-11(6-8)16-10(3)7-12(15)14(13)4/h5-6,10H,7H2,1-4H3. The summed E-state index contributed by atoms with van der Waals surface area (Å²) in [5.74, 6) is 0.927. The summed E-state index contributed by atoms with van der Waals surface area (Å²) < 4.78 is 5.80. The summed E-state index contributed by atoms with van der Waals surface area (Å²) in [5.41, 5.74) is 3.14. The fourth-order valence-electron chi connectivity index (χ4n) is 2.21. The quantitative estimate of drug-likeness (QED) is 0.670. The number of hydrogen-bond acceptors (Lipinski definition) is 2. The molecule has 0 N–H and O–H groups in total. The summed E-state index contributed by atoms with van der Waals surface area (Å²) in [4.78, 5) is 13.6. The molecule has 1 amide bonds. The van der Waals surface area contributed by atoms with Crippen LogP contribution >= 0.6 is 0 Å². The van der Waals surface area contributed by atoms with Crippen molar-refractivity contribution in [1.82, 2.24) is 0 Å². The lowest BCUT2D eigenvalue weighted by Crippen LogP contribution is -2.27. The van der Waals surface area contributed by atoms with Gasteiger partial charge in [-0.3, -0.25) is 4.79 Å². The number of fused-ring (bicyclic) bond motifs is 1. The van der Waals surface area contributed by atoms with Gasteiger partial charge in [0.25, 0.3) is 0 Å². The Hall–Kier alpha value is -1.51. The van der Waals surface area contributed by atoms with Crippen molar-refractivity contribution < 1.29 is 9.53 Å². The number of anilines is 1. The van der Waals surface area contributed by atoms with E-state index in [4.69, 9.17) is 4.74 Å². The van der Waals surface area contributed by atoms with E-state index in [0.29, 0.717) is 6.42 Å². The molecule has 0 aliphatic carbocycles. The molecule has 2 rings (SSSR count). The number of hydrogen-bond donors (Lipinski definition) is 0. The van der Waals surface area contributed by atoms with E-state index < -0.39 is 0 Å². The molecule has 86 valence electrons. The summed E-state index contributed by atoms with van der Waals surface area (Å²) in [6.07, 6.45) is 0.376. The van der Waals surface area contributed by atoms with Crippen LogP contribution in [0.1, 0.15) is 24.5 Å². The molecule has 1 atom stereocenters. The lowest BCUT2D eigenvalue weighted by atomic mass is 10.1. The average molecular weight is 219 g/mol. The molecular weight excluding hydrogens is 202 g/mol. The minimum absolute atomic E-state index is 0.0580. The monoisotopic (exact) mass is 219 g/mol. The number of carbonyl (C=O) groups is 1. The largest absolute Gasteiger partial charge is 0.488 e. The second-order valence-electron chi connectivity index (χ2n) is 4.51. The Bertz CT molecular complexity index is 440. The summed E-state index contributed by atoms with van der Waals surface area (Å²) in [6, 6.07) is 4.07. The number of rotatable bonds is 0. The molecule has 0 fully saturated rings. The van der Waals surface area contributed by atoms with Gasteiger partial charge in [0.15, 0.2) is 0 Å².